The summed E-state index contributed by atoms with van der Waals surface area (Å²) in [4.78, 5) is 35.3. The average molecular weight is 265 g/mol. The van der Waals surface area contributed by atoms with Crippen molar-refractivity contribution in [2.45, 2.75) is 19.8 Å². The number of aromatic carboxylic acids is 1. The first kappa shape index (κ1) is 13.2. The topological polar surface area (TPSA) is 74.7 Å². The molecule has 5 nitrogen and oxygen atoms in total. The van der Waals surface area contributed by atoms with E-state index in [4.69, 9.17) is 5.11 Å². The van der Waals surface area contributed by atoms with E-state index in [0.29, 0.717) is 0 Å². The normalized spacial score (nSPS) is 16.8. The molecule has 1 fully saturated rings. The van der Waals surface area contributed by atoms with Gasteiger partial charge in [-0.1, -0.05) is 6.92 Å². The van der Waals surface area contributed by atoms with Crippen molar-refractivity contribution >= 4 is 23.5 Å². The van der Waals surface area contributed by atoms with Gasteiger partial charge in [-0.25, -0.2) is 14.1 Å². The van der Waals surface area contributed by atoms with Crippen molar-refractivity contribution in [1.82, 2.24) is 0 Å². The predicted octanol–water partition coefficient (Wildman–Crippen LogP) is 1.81. The fraction of sp³-hybridized carbons (Fsp3) is 0.308. The van der Waals surface area contributed by atoms with Crippen LogP contribution in [0.5, 0.6) is 0 Å². The van der Waals surface area contributed by atoms with Gasteiger partial charge in [0, 0.05) is 12.8 Å². The van der Waals surface area contributed by atoms with Gasteiger partial charge >= 0.3 is 5.97 Å². The lowest BCUT2D eigenvalue weighted by molar-refractivity contribution is -0.130. The van der Waals surface area contributed by atoms with Crippen LogP contribution in [0.15, 0.2) is 18.2 Å². The fourth-order valence-electron chi connectivity index (χ4n) is 2.08. The third kappa shape index (κ3) is 2.47. The third-order valence-corrected chi connectivity index (χ3v) is 2.98. The molecule has 19 heavy (non-hydrogen) atoms. The van der Waals surface area contributed by atoms with Crippen LogP contribution in [0.25, 0.3) is 0 Å². The molecule has 1 saturated heterocycles. The van der Waals surface area contributed by atoms with Crippen molar-refractivity contribution in [2.75, 3.05) is 4.90 Å². The smallest absolute Gasteiger partial charge is 0.335 e. The molecule has 0 spiro atoms. The number of hydrogen-bond donors (Lipinski definition) is 1. The Balaban J connectivity index is 2.45. The number of halogens is 1. The number of amides is 2. The number of benzene rings is 1. The molecule has 100 valence electrons. The van der Waals surface area contributed by atoms with Crippen LogP contribution in [0.1, 0.15) is 30.1 Å². The van der Waals surface area contributed by atoms with Gasteiger partial charge in [0.25, 0.3) is 0 Å². The molecule has 1 aromatic rings. The summed E-state index contributed by atoms with van der Waals surface area (Å²) in [7, 11) is 0. The Morgan fingerprint density at radius 3 is 2.42 bits per heavy atom. The number of imide groups is 1. The average Bonchev–Trinajstić information content (AvgIpc) is 2.29. The Hall–Kier alpha value is -2.24. The SMILES string of the molecule is CC1CC(=O)N(c2cc(C(=O)O)ccc2F)C(=O)C1. The molecule has 1 heterocycles. The van der Waals surface area contributed by atoms with Crippen LogP contribution in [0, 0.1) is 11.7 Å². The first-order chi connectivity index (χ1) is 8.90. The molecule has 0 atom stereocenters. The van der Waals surface area contributed by atoms with Crippen molar-refractivity contribution in [3.63, 3.8) is 0 Å². The van der Waals surface area contributed by atoms with E-state index in [-0.39, 0.29) is 30.0 Å². The molecule has 1 N–H and O–H groups in total. The molecule has 0 bridgehead atoms. The highest BCUT2D eigenvalue weighted by molar-refractivity contribution is 6.16. The maximum absolute atomic E-state index is 13.7. The molecule has 0 aliphatic carbocycles. The number of piperidine rings is 1. The lowest BCUT2D eigenvalue weighted by Crippen LogP contribution is -2.43. The summed E-state index contributed by atoms with van der Waals surface area (Å²) in [5, 5.41) is 8.86. The standard InChI is InChI=1S/C13H12FNO4/c1-7-4-11(16)15(12(17)5-7)10-6-8(13(18)19)2-3-9(10)14/h2-3,6-7H,4-5H2,1H3,(H,18,19). The van der Waals surface area contributed by atoms with Crippen molar-refractivity contribution in [2.24, 2.45) is 5.92 Å². The first-order valence-electron chi connectivity index (χ1n) is 5.78. The van der Waals surface area contributed by atoms with Gasteiger partial charge in [-0.05, 0) is 24.1 Å². The summed E-state index contributed by atoms with van der Waals surface area (Å²) in [6, 6.07) is 3.03. The summed E-state index contributed by atoms with van der Waals surface area (Å²) >= 11 is 0. The molecule has 0 aromatic heterocycles. The van der Waals surface area contributed by atoms with Crippen molar-refractivity contribution in [3.05, 3.63) is 29.6 Å². The van der Waals surface area contributed by atoms with Gasteiger partial charge in [0.15, 0.2) is 0 Å². The maximum atomic E-state index is 13.7. The van der Waals surface area contributed by atoms with E-state index < -0.39 is 23.6 Å². The Morgan fingerprint density at radius 2 is 1.89 bits per heavy atom. The zero-order chi connectivity index (χ0) is 14.2. The summed E-state index contributed by atoms with van der Waals surface area (Å²) in [6.07, 6.45) is 0.283. The second kappa shape index (κ2) is 4.79. The van der Waals surface area contributed by atoms with Gasteiger partial charge in [0.1, 0.15) is 5.82 Å². The number of anilines is 1. The second-order valence-corrected chi connectivity index (χ2v) is 4.61. The number of carbonyl (C=O) groups excluding carboxylic acids is 2. The van der Waals surface area contributed by atoms with Gasteiger partial charge in [0.05, 0.1) is 11.3 Å². The minimum atomic E-state index is -1.24. The molecular weight excluding hydrogens is 253 g/mol. The van der Waals surface area contributed by atoms with E-state index in [0.717, 1.165) is 23.1 Å². The van der Waals surface area contributed by atoms with Crippen LogP contribution >= 0.6 is 0 Å². The molecule has 0 saturated carbocycles. The largest absolute Gasteiger partial charge is 0.478 e. The van der Waals surface area contributed by atoms with Crippen molar-refractivity contribution in [3.8, 4) is 0 Å². The van der Waals surface area contributed by atoms with E-state index in [2.05, 4.69) is 0 Å². The molecule has 2 amide bonds. The van der Waals surface area contributed by atoms with E-state index in [1.807, 2.05) is 0 Å². The van der Waals surface area contributed by atoms with E-state index >= 15 is 0 Å². The van der Waals surface area contributed by atoms with E-state index in [1.54, 1.807) is 6.92 Å². The number of rotatable bonds is 2. The van der Waals surface area contributed by atoms with Crippen LogP contribution in [0.4, 0.5) is 10.1 Å². The predicted molar refractivity (Wildman–Crippen MR) is 64.3 cm³/mol. The zero-order valence-corrected chi connectivity index (χ0v) is 10.2. The number of carbonyl (C=O) groups is 3. The Labute approximate surface area is 108 Å². The molecule has 1 aromatic carbocycles. The van der Waals surface area contributed by atoms with Gasteiger partial charge in [-0.3, -0.25) is 9.59 Å². The minimum absolute atomic E-state index is 0.0815. The van der Waals surface area contributed by atoms with E-state index in [1.165, 1.54) is 0 Å². The molecule has 6 heteroatoms. The Morgan fingerprint density at radius 1 is 1.32 bits per heavy atom. The van der Waals surface area contributed by atoms with Gasteiger partial charge in [-0.2, -0.15) is 0 Å². The second-order valence-electron chi connectivity index (χ2n) is 4.61. The number of hydrogen-bond acceptors (Lipinski definition) is 3. The lowest BCUT2D eigenvalue weighted by atomic mass is 9.97. The van der Waals surface area contributed by atoms with Crippen molar-refractivity contribution < 1.29 is 23.9 Å². The number of carboxylic acids is 1. The van der Waals surface area contributed by atoms with Gasteiger partial charge < -0.3 is 5.11 Å². The highest BCUT2D eigenvalue weighted by Gasteiger charge is 2.33. The van der Waals surface area contributed by atoms with Crippen molar-refractivity contribution in [1.29, 1.82) is 0 Å². The molecule has 1 aliphatic rings. The molecule has 0 unspecified atom stereocenters. The van der Waals surface area contributed by atoms with Crippen LogP contribution < -0.4 is 4.90 Å². The Bertz CT molecular complexity index is 552. The zero-order valence-electron chi connectivity index (χ0n) is 10.2. The quantitative estimate of drug-likeness (QED) is 0.827. The monoisotopic (exact) mass is 265 g/mol. The van der Waals surface area contributed by atoms with Crippen LogP contribution in [0.2, 0.25) is 0 Å². The van der Waals surface area contributed by atoms with Gasteiger partial charge in [0.2, 0.25) is 11.8 Å². The van der Waals surface area contributed by atoms with Crippen LogP contribution in [0.3, 0.4) is 0 Å². The maximum Gasteiger partial charge on any atom is 0.335 e. The third-order valence-electron chi connectivity index (χ3n) is 2.98. The van der Waals surface area contributed by atoms with E-state index in [9.17, 15) is 18.8 Å². The summed E-state index contributed by atoms with van der Waals surface area (Å²) in [5.41, 5.74) is -0.461. The van der Waals surface area contributed by atoms with Crippen LogP contribution in [-0.4, -0.2) is 22.9 Å². The highest BCUT2D eigenvalue weighted by atomic mass is 19.1. The molecule has 2 rings (SSSR count). The molecular formula is C13H12FNO4. The van der Waals surface area contributed by atoms with Gasteiger partial charge in [-0.15, -0.1) is 0 Å². The summed E-state index contributed by atoms with van der Waals surface area (Å²) < 4.78 is 13.7. The first-order valence-corrected chi connectivity index (χ1v) is 5.78. The Kier molecular flexibility index (Phi) is 3.33. The summed E-state index contributed by atoms with van der Waals surface area (Å²) in [6.45, 7) is 1.76. The number of carboxylic acid groups (broad SMARTS) is 1. The minimum Gasteiger partial charge on any atom is -0.478 e. The van der Waals surface area contributed by atoms with Crippen LogP contribution in [-0.2, 0) is 9.59 Å². The lowest BCUT2D eigenvalue weighted by Gasteiger charge is -2.28. The molecule has 0 radical (unpaired) electrons. The highest BCUT2D eigenvalue weighted by Crippen LogP contribution is 2.28. The summed E-state index contributed by atoms with van der Waals surface area (Å²) in [5.74, 6) is -3.13. The number of nitrogens with zero attached hydrogens (tertiary/aromatic N) is 1. The fourth-order valence-corrected chi connectivity index (χ4v) is 2.08. The molecule has 1 aliphatic heterocycles.